The summed E-state index contributed by atoms with van der Waals surface area (Å²) in [4.78, 5) is 0. The molecule has 0 amide bonds. The molecule has 3 atom stereocenters. The van der Waals surface area contributed by atoms with Crippen LogP contribution in [-0.4, -0.2) is 24.2 Å². The zero-order chi connectivity index (χ0) is 8.15. The largest absolute Gasteiger partial charge is 0.322 e. The average Bonchev–Trinajstić information content (AvgIpc) is 1.87. The first-order valence-electron chi connectivity index (χ1n) is 2.37. The van der Waals surface area contributed by atoms with Crippen molar-refractivity contribution in [2.45, 2.75) is 17.5 Å². The zero-order valence-electron chi connectivity index (χ0n) is 4.77. The van der Waals surface area contributed by atoms with Gasteiger partial charge < -0.3 is 4.74 Å². The molecule has 61 valence electrons. The number of rotatable bonds is 4. The van der Waals surface area contributed by atoms with Gasteiger partial charge in [0.05, 0.1) is 0 Å². The van der Waals surface area contributed by atoms with E-state index in [2.05, 4.69) is 4.74 Å². The van der Waals surface area contributed by atoms with E-state index in [1.807, 2.05) is 0 Å². The monoisotopic (exact) mass is 193 g/mol. The Morgan fingerprint density at radius 2 is 2.00 bits per heavy atom. The summed E-state index contributed by atoms with van der Waals surface area (Å²) in [6, 6.07) is 0. The molecule has 0 aromatic heterocycles. The molecule has 0 aliphatic heterocycles. The second-order valence-electron chi connectivity index (χ2n) is 1.40. The van der Waals surface area contributed by atoms with Crippen LogP contribution in [0.2, 0.25) is 0 Å². The zero-order valence-corrected chi connectivity index (χ0v) is 6.28. The predicted octanol–water partition coefficient (Wildman–Crippen LogP) is 1.83. The maximum atomic E-state index is 11.9. The summed E-state index contributed by atoms with van der Waals surface area (Å²) in [5.74, 6) is 0. The Hall–Kier alpha value is 0.360. The molecule has 6 heteroatoms. The molecule has 0 saturated carbocycles. The Balaban J connectivity index is 3.46. The van der Waals surface area contributed by atoms with E-state index in [4.69, 9.17) is 23.2 Å². The Kier molecular flexibility index (Phi) is 5.25. The minimum atomic E-state index is -2.17. The van der Waals surface area contributed by atoms with Crippen molar-refractivity contribution in [1.29, 1.82) is 0 Å². The summed E-state index contributed by atoms with van der Waals surface area (Å²) in [6.07, 6.45) is -2.17. The lowest BCUT2D eigenvalue weighted by molar-refractivity contribution is -0.0960. The summed E-state index contributed by atoms with van der Waals surface area (Å²) in [5, 5.41) is 10.1. The van der Waals surface area contributed by atoms with E-state index in [0.29, 0.717) is 0 Å². The van der Waals surface area contributed by atoms with Crippen LogP contribution in [0.1, 0.15) is 0 Å². The predicted molar refractivity (Wildman–Crippen MR) is 31.9 cm³/mol. The molecule has 0 heterocycles. The molecule has 0 saturated heterocycles. The van der Waals surface area contributed by atoms with Gasteiger partial charge in [-0.25, -0.2) is 13.9 Å². The van der Waals surface area contributed by atoms with E-state index in [9.17, 15) is 13.9 Å². The number of hydrogen-bond acceptors (Lipinski definition) is 1. The summed E-state index contributed by atoms with van der Waals surface area (Å²) < 4.78 is 27.1. The first-order valence-corrected chi connectivity index (χ1v) is 3.24. The molecule has 2 nitrogen and oxygen atoms in total. The lowest BCUT2D eigenvalue weighted by Crippen LogP contribution is -2.22. The van der Waals surface area contributed by atoms with Gasteiger partial charge in [-0.3, -0.25) is 0 Å². The minimum absolute atomic E-state index is 1.34. The van der Waals surface area contributed by atoms with E-state index in [-0.39, 0.29) is 0 Å². The first-order chi connectivity index (χ1) is 4.57. The van der Waals surface area contributed by atoms with Crippen LogP contribution in [0.5, 0.6) is 0 Å². The van der Waals surface area contributed by atoms with Crippen molar-refractivity contribution >= 4 is 23.2 Å². The standard InChI is InChI=1S/C4H5Cl2F2O2/c5-3(9)4(6)10-2(8)1-7/h2-4H,1H2. The Morgan fingerprint density at radius 3 is 2.30 bits per heavy atom. The second kappa shape index (κ2) is 5.07. The highest BCUT2D eigenvalue weighted by molar-refractivity contribution is 6.28. The lowest BCUT2D eigenvalue weighted by atomic mass is 10.7. The molecular weight excluding hydrogens is 189 g/mol. The molecule has 0 aliphatic carbocycles. The fraction of sp³-hybridized carbons (Fsp3) is 1.00. The van der Waals surface area contributed by atoms with E-state index < -0.39 is 24.2 Å². The van der Waals surface area contributed by atoms with E-state index in [1.54, 1.807) is 0 Å². The van der Waals surface area contributed by atoms with Crippen molar-refractivity contribution < 1.29 is 18.6 Å². The Morgan fingerprint density at radius 1 is 1.50 bits per heavy atom. The molecule has 0 aromatic carbocycles. The number of ether oxygens (including phenoxy) is 1. The molecule has 0 rings (SSSR count). The fourth-order valence-electron chi connectivity index (χ4n) is 0.239. The highest BCUT2D eigenvalue weighted by Crippen LogP contribution is 2.12. The van der Waals surface area contributed by atoms with E-state index in [0.717, 1.165) is 0 Å². The molecule has 0 fully saturated rings. The van der Waals surface area contributed by atoms with Crippen LogP contribution in [0.15, 0.2) is 0 Å². The summed E-state index contributed by atoms with van der Waals surface area (Å²) in [7, 11) is 0. The molecule has 0 spiro atoms. The van der Waals surface area contributed by atoms with Gasteiger partial charge in [-0.15, -0.1) is 0 Å². The molecule has 0 aliphatic rings. The van der Waals surface area contributed by atoms with Gasteiger partial charge in [-0.05, 0) is 0 Å². The van der Waals surface area contributed by atoms with E-state index >= 15 is 0 Å². The van der Waals surface area contributed by atoms with Crippen LogP contribution >= 0.6 is 23.2 Å². The van der Waals surface area contributed by atoms with Crippen molar-refractivity contribution in [3.05, 3.63) is 0 Å². The highest BCUT2D eigenvalue weighted by atomic mass is 35.5. The van der Waals surface area contributed by atoms with Crippen LogP contribution in [0.3, 0.4) is 0 Å². The van der Waals surface area contributed by atoms with Gasteiger partial charge in [0.25, 0.3) is 0 Å². The van der Waals surface area contributed by atoms with Crippen LogP contribution < -0.4 is 0 Å². The van der Waals surface area contributed by atoms with Crippen molar-refractivity contribution in [3.8, 4) is 0 Å². The van der Waals surface area contributed by atoms with Gasteiger partial charge in [-0.1, -0.05) is 23.2 Å². The summed E-state index contributed by atoms with van der Waals surface area (Å²) in [6.45, 7) is -1.34. The molecule has 3 unspecified atom stereocenters. The van der Waals surface area contributed by atoms with Crippen molar-refractivity contribution in [3.63, 3.8) is 0 Å². The Bertz CT molecular complexity index is 93.3. The third-order valence-corrected chi connectivity index (χ3v) is 1.29. The normalized spacial score (nSPS) is 20.1. The SMILES string of the molecule is [O]C(Cl)C(Cl)OC(F)CF. The first kappa shape index (κ1) is 10.4. The maximum Gasteiger partial charge on any atom is 0.229 e. The number of hydrogen-bond donors (Lipinski definition) is 0. The minimum Gasteiger partial charge on any atom is -0.322 e. The topological polar surface area (TPSA) is 29.1 Å². The number of halogens is 4. The maximum absolute atomic E-state index is 11.9. The van der Waals surface area contributed by atoms with E-state index in [1.165, 1.54) is 0 Å². The van der Waals surface area contributed by atoms with Crippen LogP contribution in [-0.2, 0) is 9.84 Å². The third-order valence-electron chi connectivity index (χ3n) is 0.605. The van der Waals surface area contributed by atoms with Gasteiger partial charge in [0.15, 0.2) is 5.56 Å². The van der Waals surface area contributed by atoms with Crippen LogP contribution in [0.4, 0.5) is 8.78 Å². The van der Waals surface area contributed by atoms with Gasteiger partial charge in [0.1, 0.15) is 6.67 Å². The molecular formula is C4H5Cl2F2O2. The second-order valence-corrected chi connectivity index (χ2v) is 2.26. The van der Waals surface area contributed by atoms with Crippen LogP contribution in [0, 0.1) is 0 Å². The summed E-state index contributed by atoms with van der Waals surface area (Å²) in [5.41, 5.74) is -3.32. The molecule has 0 N–H and O–H groups in total. The lowest BCUT2D eigenvalue weighted by Gasteiger charge is -2.11. The van der Waals surface area contributed by atoms with Gasteiger partial charge in [-0.2, -0.15) is 0 Å². The average molecular weight is 194 g/mol. The van der Waals surface area contributed by atoms with Crippen LogP contribution in [0.25, 0.3) is 0 Å². The third kappa shape index (κ3) is 4.22. The van der Waals surface area contributed by atoms with Crippen molar-refractivity contribution in [1.82, 2.24) is 0 Å². The van der Waals surface area contributed by atoms with Crippen molar-refractivity contribution in [2.24, 2.45) is 0 Å². The van der Waals surface area contributed by atoms with Crippen molar-refractivity contribution in [2.75, 3.05) is 6.67 Å². The fourth-order valence-corrected chi connectivity index (χ4v) is 0.410. The smallest absolute Gasteiger partial charge is 0.229 e. The quantitative estimate of drug-likeness (QED) is 0.627. The van der Waals surface area contributed by atoms with Gasteiger partial charge in [0.2, 0.25) is 11.9 Å². The van der Waals surface area contributed by atoms with Gasteiger partial charge in [0, 0.05) is 0 Å². The Labute approximate surface area is 66.7 Å². The summed E-state index contributed by atoms with van der Waals surface area (Å²) >= 11 is 9.84. The number of alkyl halides is 4. The molecule has 0 aromatic rings. The highest BCUT2D eigenvalue weighted by Gasteiger charge is 2.20. The molecule has 0 bridgehead atoms. The molecule has 1 radical (unpaired) electrons. The van der Waals surface area contributed by atoms with Gasteiger partial charge >= 0.3 is 0 Å². The molecule has 10 heavy (non-hydrogen) atoms.